The third-order valence-electron chi connectivity index (χ3n) is 4.47. The Morgan fingerprint density at radius 3 is 2.52 bits per heavy atom. The second-order valence-corrected chi connectivity index (χ2v) is 8.24. The number of nitrogens with one attached hydrogen (secondary N) is 1. The summed E-state index contributed by atoms with van der Waals surface area (Å²) in [6.07, 6.45) is 1.66. The molecule has 0 aliphatic carbocycles. The number of hydrogen-bond acceptors (Lipinski definition) is 5. The summed E-state index contributed by atoms with van der Waals surface area (Å²) in [6, 6.07) is 18.4. The van der Waals surface area contributed by atoms with Gasteiger partial charge in [0.15, 0.2) is 0 Å². The van der Waals surface area contributed by atoms with E-state index in [0.717, 1.165) is 5.69 Å². The van der Waals surface area contributed by atoms with E-state index in [0.29, 0.717) is 22.4 Å². The highest BCUT2D eigenvalue weighted by Crippen LogP contribution is 2.24. The molecule has 0 aliphatic heterocycles. The summed E-state index contributed by atoms with van der Waals surface area (Å²) in [5, 5.41) is 2.80. The van der Waals surface area contributed by atoms with Crippen LogP contribution < -0.4 is 5.32 Å². The van der Waals surface area contributed by atoms with Gasteiger partial charge in [0, 0.05) is 11.8 Å². The Kier molecular flexibility index (Phi) is 4.85. The van der Waals surface area contributed by atoms with E-state index in [1.807, 2.05) is 12.1 Å². The number of carbonyl (C=O) groups is 1. The fraction of sp³-hybridized carbons (Fsp3) is 0.0952. The molecule has 1 amide bonds. The van der Waals surface area contributed by atoms with E-state index in [4.69, 9.17) is 0 Å². The molecule has 2 heterocycles. The Labute approximate surface area is 168 Å². The molecule has 0 saturated heterocycles. The first-order valence-corrected chi connectivity index (χ1v) is 10.4. The average molecular weight is 406 g/mol. The molecule has 0 atom stereocenters. The minimum atomic E-state index is -3.84. The number of hydrogen-bond donors (Lipinski definition) is 1. The SMILES string of the molecule is Cc1nc2ccc(C(=O)NCc3ccccn3)cc2n1S(=O)(=O)c1ccccc1. The summed E-state index contributed by atoms with van der Waals surface area (Å²) in [4.78, 5) is 21.3. The molecule has 0 aliphatic rings. The van der Waals surface area contributed by atoms with Crippen molar-refractivity contribution in [2.24, 2.45) is 0 Å². The number of imidazole rings is 1. The third-order valence-corrected chi connectivity index (χ3v) is 6.28. The molecule has 146 valence electrons. The van der Waals surface area contributed by atoms with Crippen molar-refractivity contribution in [2.75, 3.05) is 0 Å². The summed E-state index contributed by atoms with van der Waals surface area (Å²) in [5.41, 5.74) is 1.94. The van der Waals surface area contributed by atoms with Gasteiger partial charge in [-0.2, -0.15) is 0 Å². The van der Waals surface area contributed by atoms with Gasteiger partial charge in [-0.1, -0.05) is 24.3 Å². The molecule has 4 aromatic rings. The summed E-state index contributed by atoms with van der Waals surface area (Å²) in [5.74, 6) is 0.00922. The summed E-state index contributed by atoms with van der Waals surface area (Å²) < 4.78 is 27.4. The van der Waals surface area contributed by atoms with Gasteiger partial charge in [0.05, 0.1) is 28.2 Å². The minimum absolute atomic E-state index is 0.160. The van der Waals surface area contributed by atoms with Crippen LogP contribution in [0.2, 0.25) is 0 Å². The van der Waals surface area contributed by atoms with Gasteiger partial charge in [0.25, 0.3) is 15.9 Å². The number of aromatic nitrogens is 3. The van der Waals surface area contributed by atoms with E-state index in [2.05, 4.69) is 15.3 Å². The Morgan fingerprint density at radius 2 is 1.79 bits per heavy atom. The Balaban J connectivity index is 1.71. The standard InChI is InChI=1S/C21H18N4O3S/c1-15-24-19-11-10-16(21(26)23-14-17-7-5-6-12-22-17)13-20(19)25(15)29(27,28)18-8-3-2-4-9-18/h2-13H,14H2,1H3,(H,23,26). The molecule has 4 rings (SSSR count). The smallest absolute Gasteiger partial charge is 0.269 e. The van der Waals surface area contributed by atoms with Crippen molar-refractivity contribution in [3.63, 3.8) is 0 Å². The fourth-order valence-corrected chi connectivity index (χ4v) is 4.60. The lowest BCUT2D eigenvalue weighted by atomic mass is 10.2. The van der Waals surface area contributed by atoms with Gasteiger partial charge >= 0.3 is 0 Å². The normalized spacial score (nSPS) is 11.5. The van der Waals surface area contributed by atoms with Gasteiger partial charge in [-0.3, -0.25) is 9.78 Å². The van der Waals surface area contributed by atoms with Crippen LogP contribution in [-0.2, 0) is 16.6 Å². The van der Waals surface area contributed by atoms with Crippen LogP contribution >= 0.6 is 0 Å². The second-order valence-electron chi connectivity index (χ2n) is 6.45. The van der Waals surface area contributed by atoms with Gasteiger partial charge in [-0.25, -0.2) is 17.4 Å². The zero-order valence-corrected chi connectivity index (χ0v) is 16.4. The molecule has 0 bridgehead atoms. The molecule has 0 radical (unpaired) electrons. The number of benzene rings is 2. The van der Waals surface area contributed by atoms with Gasteiger partial charge < -0.3 is 5.32 Å². The number of fused-ring (bicyclic) bond motifs is 1. The van der Waals surface area contributed by atoms with Gasteiger partial charge in [-0.05, 0) is 49.4 Å². The van der Waals surface area contributed by atoms with Crippen LogP contribution in [-0.4, -0.2) is 28.3 Å². The maximum absolute atomic E-state index is 13.1. The van der Waals surface area contributed by atoms with Crippen molar-refractivity contribution in [1.82, 2.24) is 19.3 Å². The van der Waals surface area contributed by atoms with Crippen molar-refractivity contribution < 1.29 is 13.2 Å². The first-order valence-electron chi connectivity index (χ1n) is 8.94. The van der Waals surface area contributed by atoms with E-state index in [1.54, 1.807) is 55.6 Å². The molecule has 0 fully saturated rings. The number of nitrogens with zero attached hydrogens (tertiary/aromatic N) is 3. The molecule has 8 heteroatoms. The van der Waals surface area contributed by atoms with Crippen LogP contribution in [0.5, 0.6) is 0 Å². The zero-order chi connectivity index (χ0) is 20.4. The molecule has 7 nitrogen and oxygen atoms in total. The lowest BCUT2D eigenvalue weighted by molar-refractivity contribution is 0.0950. The summed E-state index contributed by atoms with van der Waals surface area (Å²) in [6.45, 7) is 1.90. The van der Waals surface area contributed by atoms with Crippen LogP contribution in [0.25, 0.3) is 11.0 Å². The van der Waals surface area contributed by atoms with E-state index in [-0.39, 0.29) is 17.3 Å². The predicted octanol–water partition coefficient (Wildman–Crippen LogP) is 2.91. The average Bonchev–Trinajstić information content (AvgIpc) is 3.09. The second kappa shape index (κ2) is 7.48. The number of aryl methyl sites for hydroxylation is 1. The first-order chi connectivity index (χ1) is 14.0. The number of amides is 1. The highest BCUT2D eigenvalue weighted by atomic mass is 32.2. The van der Waals surface area contributed by atoms with Crippen molar-refractivity contribution in [2.45, 2.75) is 18.4 Å². The van der Waals surface area contributed by atoms with Crippen molar-refractivity contribution in [3.8, 4) is 0 Å². The van der Waals surface area contributed by atoms with Crippen molar-refractivity contribution in [3.05, 3.63) is 90.0 Å². The molecule has 0 spiro atoms. The lowest BCUT2D eigenvalue weighted by Crippen LogP contribution is -2.23. The number of rotatable bonds is 5. The van der Waals surface area contributed by atoms with Crippen LogP contribution in [0.3, 0.4) is 0 Å². The lowest BCUT2D eigenvalue weighted by Gasteiger charge is -2.09. The van der Waals surface area contributed by atoms with Crippen molar-refractivity contribution >= 4 is 27.0 Å². The topological polar surface area (TPSA) is 93.9 Å². The van der Waals surface area contributed by atoms with Gasteiger partial charge in [-0.15, -0.1) is 0 Å². The molecular formula is C21H18N4O3S. The molecular weight excluding hydrogens is 388 g/mol. The molecule has 2 aromatic heterocycles. The minimum Gasteiger partial charge on any atom is -0.346 e. The highest BCUT2D eigenvalue weighted by molar-refractivity contribution is 7.90. The monoisotopic (exact) mass is 406 g/mol. The molecule has 0 saturated carbocycles. The third kappa shape index (κ3) is 3.62. The van der Waals surface area contributed by atoms with Crippen LogP contribution in [0.1, 0.15) is 21.9 Å². The molecule has 2 aromatic carbocycles. The van der Waals surface area contributed by atoms with Crippen LogP contribution in [0.4, 0.5) is 0 Å². The van der Waals surface area contributed by atoms with Gasteiger partial charge in [0.1, 0.15) is 5.82 Å². The first kappa shape index (κ1) is 18.8. The Hall–Kier alpha value is -3.52. The Morgan fingerprint density at radius 1 is 1.03 bits per heavy atom. The maximum Gasteiger partial charge on any atom is 0.269 e. The number of pyridine rings is 1. The molecule has 0 unspecified atom stereocenters. The summed E-state index contributed by atoms with van der Waals surface area (Å²) in [7, 11) is -3.84. The largest absolute Gasteiger partial charge is 0.346 e. The van der Waals surface area contributed by atoms with E-state index in [9.17, 15) is 13.2 Å². The predicted molar refractivity (Wildman–Crippen MR) is 109 cm³/mol. The summed E-state index contributed by atoms with van der Waals surface area (Å²) >= 11 is 0. The van der Waals surface area contributed by atoms with Crippen LogP contribution in [0, 0.1) is 6.92 Å². The molecule has 1 N–H and O–H groups in total. The fourth-order valence-electron chi connectivity index (χ4n) is 3.09. The van der Waals surface area contributed by atoms with Gasteiger partial charge in [0.2, 0.25) is 0 Å². The Bertz CT molecular complexity index is 1280. The number of carbonyl (C=O) groups excluding carboxylic acids is 1. The zero-order valence-electron chi connectivity index (χ0n) is 15.6. The van der Waals surface area contributed by atoms with Crippen LogP contribution in [0.15, 0.2) is 77.8 Å². The highest BCUT2D eigenvalue weighted by Gasteiger charge is 2.23. The molecule has 29 heavy (non-hydrogen) atoms. The van der Waals surface area contributed by atoms with E-state index < -0.39 is 10.0 Å². The van der Waals surface area contributed by atoms with E-state index in [1.165, 1.54) is 16.1 Å². The van der Waals surface area contributed by atoms with Crippen molar-refractivity contribution in [1.29, 1.82) is 0 Å². The van der Waals surface area contributed by atoms with E-state index >= 15 is 0 Å². The maximum atomic E-state index is 13.1. The quantitative estimate of drug-likeness (QED) is 0.550.